The molecule has 0 radical (unpaired) electrons. The second-order valence-electron chi connectivity index (χ2n) is 5.01. The number of carbonyl (C=O) groups excluding carboxylic acids is 2. The molecule has 0 N–H and O–H groups in total. The van der Waals surface area contributed by atoms with Crippen LogP contribution in [0.4, 0.5) is 4.79 Å². The van der Waals surface area contributed by atoms with Crippen molar-refractivity contribution in [3.8, 4) is 0 Å². The van der Waals surface area contributed by atoms with Crippen molar-refractivity contribution in [2.24, 2.45) is 0 Å². The van der Waals surface area contributed by atoms with Gasteiger partial charge < -0.3 is 9.64 Å². The number of halogens is 3. The van der Waals surface area contributed by atoms with Gasteiger partial charge in [0.1, 0.15) is 0 Å². The highest BCUT2D eigenvalue weighted by atomic mass is 35.5. The number of rotatable bonds is 4. The van der Waals surface area contributed by atoms with Crippen LogP contribution in [0.5, 0.6) is 0 Å². The molecule has 0 aromatic heterocycles. The maximum absolute atomic E-state index is 12.3. The zero-order valence-electron chi connectivity index (χ0n) is 12.8. The lowest BCUT2D eigenvalue weighted by molar-refractivity contribution is 0.0733. The summed E-state index contributed by atoms with van der Waals surface area (Å²) in [7, 11) is 0. The van der Waals surface area contributed by atoms with Gasteiger partial charge in [0.25, 0.3) is 0 Å². The molecule has 1 aromatic carbocycles. The van der Waals surface area contributed by atoms with Gasteiger partial charge in [-0.2, -0.15) is 0 Å². The van der Waals surface area contributed by atoms with Gasteiger partial charge in [0.05, 0.1) is 18.2 Å². The van der Waals surface area contributed by atoms with Crippen molar-refractivity contribution in [3.05, 3.63) is 33.8 Å². The molecule has 0 aliphatic carbocycles. The molecule has 1 fully saturated rings. The van der Waals surface area contributed by atoms with E-state index in [1.54, 1.807) is 30.0 Å². The molecule has 0 atom stereocenters. The van der Waals surface area contributed by atoms with E-state index in [0.717, 1.165) is 0 Å². The summed E-state index contributed by atoms with van der Waals surface area (Å²) in [6, 6.07) is 4.86. The number of benzene rings is 1. The highest BCUT2D eigenvalue weighted by molar-refractivity contribution is 6.36. The number of carbonyl (C=O) groups is 2. The fraction of sp³-hybridized carbons (Fsp3) is 0.467. The van der Waals surface area contributed by atoms with E-state index in [9.17, 15) is 9.59 Å². The molecule has 0 saturated carbocycles. The third kappa shape index (κ3) is 5.53. The molecule has 2 rings (SSSR count). The molecule has 128 valence electrons. The van der Waals surface area contributed by atoms with Crippen LogP contribution in [0, 0.1) is 0 Å². The van der Waals surface area contributed by atoms with Gasteiger partial charge >= 0.3 is 6.09 Å². The lowest BCUT2D eigenvalue weighted by atomic mass is 10.1. The molecule has 1 saturated heterocycles. The average Bonchev–Trinajstić information content (AvgIpc) is 2.48. The fourth-order valence-corrected chi connectivity index (χ4v) is 2.82. The number of nitrogens with zero attached hydrogens (tertiary/aromatic N) is 2. The lowest BCUT2D eigenvalue weighted by Crippen LogP contribution is -2.50. The standard InChI is InChI=1S/C15H18Cl2N2O3.ClH/c1-2-22-15(21)19-7-5-18(6-8-19)10-14(20)12-4-3-11(16)9-13(12)17;/h3-4,9H,2,5-8,10H2,1H3;1H. The van der Waals surface area contributed by atoms with Gasteiger partial charge in [-0.15, -0.1) is 12.4 Å². The summed E-state index contributed by atoms with van der Waals surface area (Å²) in [5.41, 5.74) is 0.471. The molecule has 23 heavy (non-hydrogen) atoms. The molecule has 8 heteroatoms. The number of Topliss-reactive ketones (excluding diaryl/α,β-unsaturated/α-hetero) is 1. The van der Waals surface area contributed by atoms with Gasteiger partial charge in [-0.3, -0.25) is 9.69 Å². The smallest absolute Gasteiger partial charge is 0.409 e. The van der Waals surface area contributed by atoms with Crippen LogP contribution in [0.2, 0.25) is 10.0 Å². The van der Waals surface area contributed by atoms with Gasteiger partial charge in [0.15, 0.2) is 5.78 Å². The Bertz CT molecular complexity index is 561. The molecule has 5 nitrogen and oxygen atoms in total. The Morgan fingerprint density at radius 3 is 2.39 bits per heavy atom. The van der Waals surface area contributed by atoms with E-state index in [-0.39, 0.29) is 30.8 Å². The summed E-state index contributed by atoms with van der Waals surface area (Å²) in [6.07, 6.45) is -0.297. The first kappa shape index (κ1) is 20.0. The summed E-state index contributed by atoms with van der Waals surface area (Å²) < 4.78 is 4.97. The van der Waals surface area contributed by atoms with Crippen molar-refractivity contribution >= 4 is 47.5 Å². The lowest BCUT2D eigenvalue weighted by Gasteiger charge is -2.33. The number of amides is 1. The summed E-state index contributed by atoms with van der Waals surface area (Å²) >= 11 is 11.9. The predicted octanol–water partition coefficient (Wildman–Crippen LogP) is 3.37. The molecule has 0 spiro atoms. The van der Waals surface area contributed by atoms with Gasteiger partial charge in [0, 0.05) is 36.8 Å². The van der Waals surface area contributed by atoms with E-state index in [2.05, 4.69) is 0 Å². The molecule has 1 aromatic rings. The number of piperazine rings is 1. The maximum Gasteiger partial charge on any atom is 0.409 e. The van der Waals surface area contributed by atoms with Crippen LogP contribution in [0.15, 0.2) is 18.2 Å². The Balaban J connectivity index is 0.00000264. The Kier molecular flexibility index (Phi) is 8.12. The topological polar surface area (TPSA) is 49.9 Å². The van der Waals surface area contributed by atoms with Crippen molar-refractivity contribution in [1.82, 2.24) is 9.80 Å². The SMILES string of the molecule is CCOC(=O)N1CCN(CC(=O)c2ccc(Cl)cc2Cl)CC1.Cl. The van der Waals surface area contributed by atoms with Crippen LogP contribution < -0.4 is 0 Å². The molecule has 1 aliphatic rings. The largest absolute Gasteiger partial charge is 0.450 e. The van der Waals surface area contributed by atoms with E-state index in [1.165, 1.54) is 0 Å². The third-order valence-electron chi connectivity index (χ3n) is 3.50. The molecular formula is C15H19Cl3N2O3. The van der Waals surface area contributed by atoms with E-state index in [4.69, 9.17) is 27.9 Å². The van der Waals surface area contributed by atoms with E-state index in [0.29, 0.717) is 48.4 Å². The van der Waals surface area contributed by atoms with Crippen molar-refractivity contribution in [2.45, 2.75) is 6.92 Å². The highest BCUT2D eigenvalue weighted by Gasteiger charge is 2.23. The molecule has 1 amide bonds. The second kappa shape index (κ2) is 9.33. The van der Waals surface area contributed by atoms with Crippen LogP contribution in [-0.2, 0) is 4.74 Å². The summed E-state index contributed by atoms with van der Waals surface area (Å²) in [5.74, 6) is -0.0498. The minimum atomic E-state index is -0.297. The summed E-state index contributed by atoms with van der Waals surface area (Å²) in [6.45, 7) is 4.81. The first-order valence-electron chi connectivity index (χ1n) is 7.13. The van der Waals surface area contributed by atoms with Crippen molar-refractivity contribution in [2.75, 3.05) is 39.3 Å². The monoisotopic (exact) mass is 380 g/mol. The normalized spacial score (nSPS) is 15.0. The Labute approximate surface area is 151 Å². The quantitative estimate of drug-likeness (QED) is 0.750. The van der Waals surface area contributed by atoms with Crippen molar-refractivity contribution in [3.63, 3.8) is 0 Å². The zero-order valence-corrected chi connectivity index (χ0v) is 15.1. The fourth-order valence-electron chi connectivity index (χ4n) is 2.31. The molecule has 1 aliphatic heterocycles. The number of hydrogen-bond donors (Lipinski definition) is 0. The Morgan fingerprint density at radius 1 is 1.17 bits per heavy atom. The van der Waals surface area contributed by atoms with E-state index in [1.807, 2.05) is 4.90 Å². The predicted molar refractivity (Wildman–Crippen MR) is 93.1 cm³/mol. The van der Waals surface area contributed by atoms with Gasteiger partial charge in [-0.05, 0) is 25.1 Å². The maximum atomic E-state index is 12.3. The Hall–Kier alpha value is -1.01. The summed E-state index contributed by atoms with van der Waals surface area (Å²) in [4.78, 5) is 27.6. The Morgan fingerprint density at radius 2 is 1.83 bits per heavy atom. The van der Waals surface area contributed by atoms with Gasteiger partial charge in [-0.1, -0.05) is 23.2 Å². The third-order valence-corrected chi connectivity index (χ3v) is 4.04. The minimum Gasteiger partial charge on any atom is -0.450 e. The highest BCUT2D eigenvalue weighted by Crippen LogP contribution is 2.21. The van der Waals surface area contributed by atoms with Crippen molar-refractivity contribution < 1.29 is 14.3 Å². The first-order valence-corrected chi connectivity index (χ1v) is 7.89. The molecule has 1 heterocycles. The summed E-state index contributed by atoms with van der Waals surface area (Å²) in [5, 5.41) is 0.868. The number of ether oxygens (including phenoxy) is 1. The van der Waals surface area contributed by atoms with Gasteiger partial charge in [0.2, 0.25) is 0 Å². The average molecular weight is 382 g/mol. The zero-order chi connectivity index (χ0) is 16.1. The first-order chi connectivity index (χ1) is 10.5. The molecule has 0 unspecified atom stereocenters. The van der Waals surface area contributed by atoms with Crippen molar-refractivity contribution in [1.29, 1.82) is 0 Å². The number of ketones is 1. The van der Waals surface area contributed by atoms with Gasteiger partial charge in [-0.25, -0.2) is 4.79 Å². The van der Waals surface area contributed by atoms with Crippen LogP contribution >= 0.6 is 35.6 Å². The van der Waals surface area contributed by atoms with Crippen LogP contribution in [0.1, 0.15) is 17.3 Å². The van der Waals surface area contributed by atoms with E-state index >= 15 is 0 Å². The molecular weight excluding hydrogens is 363 g/mol. The molecule has 0 bridgehead atoms. The van der Waals surface area contributed by atoms with E-state index < -0.39 is 0 Å². The number of hydrogen-bond acceptors (Lipinski definition) is 4. The van der Waals surface area contributed by atoms with Crippen LogP contribution in [0.3, 0.4) is 0 Å². The van der Waals surface area contributed by atoms with Crippen LogP contribution in [0.25, 0.3) is 0 Å². The second-order valence-corrected chi connectivity index (χ2v) is 5.85. The van der Waals surface area contributed by atoms with Crippen LogP contribution in [-0.4, -0.2) is 61.0 Å². The minimum absolute atomic E-state index is 0.